The molecule has 0 amide bonds. The minimum absolute atomic E-state index is 0.433. The van der Waals surface area contributed by atoms with E-state index in [-0.39, 0.29) is 0 Å². The predicted molar refractivity (Wildman–Crippen MR) is 64.2 cm³/mol. The van der Waals surface area contributed by atoms with E-state index >= 15 is 0 Å². The Kier molecular flexibility index (Phi) is 7.69. The van der Waals surface area contributed by atoms with Crippen LogP contribution in [-0.4, -0.2) is 26.0 Å². The Morgan fingerprint density at radius 2 is 1.47 bits per heavy atom. The van der Waals surface area contributed by atoms with Crippen molar-refractivity contribution in [2.45, 2.75) is 58.2 Å². The number of carbonyl (C=O) groups is 1. The molecule has 0 aromatic heterocycles. The lowest BCUT2D eigenvalue weighted by Crippen LogP contribution is -2.40. The van der Waals surface area contributed by atoms with Gasteiger partial charge in [0.2, 0.25) is 0 Å². The summed E-state index contributed by atoms with van der Waals surface area (Å²) in [6.45, 7) is 5.89. The highest BCUT2D eigenvalue weighted by molar-refractivity contribution is 6.75. The highest BCUT2D eigenvalue weighted by atomic mass is 28.4. The summed E-state index contributed by atoms with van der Waals surface area (Å²) >= 11 is 0. The minimum atomic E-state index is -1.89. The molecule has 0 fully saturated rings. The van der Waals surface area contributed by atoms with E-state index in [1.165, 1.54) is 0 Å². The molecule has 0 spiro atoms. The average Bonchev–Trinajstić information content (AvgIpc) is 2.18. The number of rotatable bonds is 8. The van der Waals surface area contributed by atoms with E-state index in [0.717, 1.165) is 37.4 Å². The molecule has 0 aliphatic carbocycles. The zero-order valence-electron chi connectivity index (χ0n) is 10.2. The largest absolute Gasteiger partial charge is 0.517 e. The van der Waals surface area contributed by atoms with Crippen LogP contribution in [0.2, 0.25) is 18.1 Å². The maximum atomic E-state index is 11.2. The Labute approximate surface area is 94.0 Å². The van der Waals surface area contributed by atoms with Crippen molar-refractivity contribution in [3.05, 3.63) is 0 Å². The van der Waals surface area contributed by atoms with Gasteiger partial charge in [-0.3, -0.25) is 4.79 Å². The van der Waals surface area contributed by atoms with Gasteiger partial charge in [0, 0.05) is 0 Å². The first kappa shape index (κ1) is 14.6. The molecule has 0 rings (SSSR count). The van der Waals surface area contributed by atoms with Crippen molar-refractivity contribution in [1.82, 2.24) is 0 Å². The number of aliphatic hydroxyl groups is 1. The summed E-state index contributed by atoms with van der Waals surface area (Å²) in [7, 11) is -1.89. The molecule has 0 unspecified atom stereocenters. The van der Waals surface area contributed by atoms with Crippen molar-refractivity contribution < 1.29 is 14.3 Å². The van der Waals surface area contributed by atoms with Crippen LogP contribution < -0.4 is 0 Å². The molecule has 15 heavy (non-hydrogen) atoms. The van der Waals surface area contributed by atoms with Crippen LogP contribution in [-0.2, 0) is 9.22 Å². The van der Waals surface area contributed by atoms with Crippen LogP contribution in [0.15, 0.2) is 0 Å². The Morgan fingerprint density at radius 3 is 1.73 bits per heavy atom. The smallest absolute Gasteiger partial charge is 0.318 e. The summed E-state index contributed by atoms with van der Waals surface area (Å²) in [6, 6.07) is 3.08. The first-order valence-electron chi connectivity index (χ1n) is 5.96. The normalized spacial score (nSPS) is 11.5. The van der Waals surface area contributed by atoms with Gasteiger partial charge in [-0.15, -0.1) is 0 Å². The Morgan fingerprint density at radius 1 is 1.07 bits per heavy atom. The third-order valence-electron chi connectivity index (χ3n) is 2.58. The monoisotopic (exact) mass is 232 g/mol. The fraction of sp³-hybridized carbons (Fsp3) is 0.909. The van der Waals surface area contributed by atoms with E-state index in [4.69, 9.17) is 9.53 Å². The molecule has 0 aliphatic heterocycles. The SMILES string of the molecule is CCC[Si](CCC)(CCC)OC(=O)CO. The molecule has 3 nitrogen and oxygen atoms in total. The molecule has 0 aromatic rings. The molecule has 0 atom stereocenters. The predicted octanol–water partition coefficient (Wildman–Crippen LogP) is 2.70. The van der Waals surface area contributed by atoms with Crippen molar-refractivity contribution >= 4 is 14.3 Å². The van der Waals surface area contributed by atoms with Crippen LogP contribution in [0, 0.1) is 0 Å². The third-order valence-corrected chi connectivity index (χ3v) is 7.47. The van der Waals surface area contributed by atoms with E-state index in [1.807, 2.05) is 0 Å². The summed E-state index contributed by atoms with van der Waals surface area (Å²) in [5, 5.41) is 8.75. The molecule has 0 aliphatic rings. The topological polar surface area (TPSA) is 46.5 Å². The Balaban J connectivity index is 4.51. The van der Waals surface area contributed by atoms with Crippen molar-refractivity contribution in [2.24, 2.45) is 0 Å². The van der Waals surface area contributed by atoms with Crippen LogP contribution in [0.3, 0.4) is 0 Å². The maximum Gasteiger partial charge on any atom is 0.318 e. The van der Waals surface area contributed by atoms with Gasteiger partial charge in [-0.1, -0.05) is 40.0 Å². The molecule has 0 aromatic carbocycles. The standard InChI is InChI=1S/C11H24O3Si/c1-4-7-15(8-5-2,9-6-3)14-11(13)10-12/h12H,4-10H2,1-3H3. The van der Waals surface area contributed by atoms with Gasteiger partial charge in [-0.05, 0) is 18.1 Å². The Hall–Kier alpha value is -0.353. The number of carbonyl (C=O) groups excluding carboxylic acids is 1. The first-order valence-corrected chi connectivity index (χ1v) is 8.49. The van der Waals surface area contributed by atoms with E-state index in [1.54, 1.807) is 0 Å². The molecule has 0 bridgehead atoms. The van der Waals surface area contributed by atoms with Gasteiger partial charge >= 0.3 is 5.97 Å². The molecular formula is C11H24O3Si. The summed E-state index contributed by atoms with van der Waals surface area (Å²) < 4.78 is 5.56. The second-order valence-corrected chi connectivity index (χ2v) is 8.14. The first-order chi connectivity index (χ1) is 7.14. The fourth-order valence-corrected chi connectivity index (χ4v) is 6.51. The number of hydrogen-bond donors (Lipinski definition) is 1. The lowest BCUT2D eigenvalue weighted by Gasteiger charge is -2.30. The molecule has 0 saturated carbocycles. The average molecular weight is 232 g/mol. The van der Waals surface area contributed by atoms with Gasteiger partial charge in [-0.2, -0.15) is 0 Å². The highest BCUT2D eigenvalue weighted by Crippen LogP contribution is 2.27. The van der Waals surface area contributed by atoms with Crippen LogP contribution in [0.25, 0.3) is 0 Å². The van der Waals surface area contributed by atoms with Crippen molar-refractivity contribution in [1.29, 1.82) is 0 Å². The van der Waals surface area contributed by atoms with E-state index in [2.05, 4.69) is 20.8 Å². The van der Waals surface area contributed by atoms with Crippen molar-refractivity contribution in [2.75, 3.05) is 6.61 Å². The van der Waals surface area contributed by atoms with Crippen LogP contribution in [0.5, 0.6) is 0 Å². The second kappa shape index (κ2) is 7.88. The summed E-state index contributed by atoms with van der Waals surface area (Å²) in [4.78, 5) is 11.2. The van der Waals surface area contributed by atoms with Gasteiger partial charge < -0.3 is 9.53 Å². The van der Waals surface area contributed by atoms with Gasteiger partial charge in [0.05, 0.1) is 0 Å². The summed E-state index contributed by atoms with van der Waals surface area (Å²) in [6.07, 6.45) is 3.18. The molecule has 0 heterocycles. The minimum Gasteiger partial charge on any atom is -0.517 e. The van der Waals surface area contributed by atoms with Crippen LogP contribution in [0.1, 0.15) is 40.0 Å². The molecule has 1 N–H and O–H groups in total. The number of hydrogen-bond acceptors (Lipinski definition) is 3. The van der Waals surface area contributed by atoms with E-state index in [9.17, 15) is 4.79 Å². The quantitative estimate of drug-likeness (QED) is 0.655. The van der Waals surface area contributed by atoms with Crippen LogP contribution >= 0.6 is 0 Å². The zero-order valence-corrected chi connectivity index (χ0v) is 11.2. The van der Waals surface area contributed by atoms with E-state index in [0.29, 0.717) is 0 Å². The van der Waals surface area contributed by atoms with Crippen molar-refractivity contribution in [3.8, 4) is 0 Å². The highest BCUT2D eigenvalue weighted by Gasteiger charge is 2.35. The molecule has 4 heteroatoms. The molecular weight excluding hydrogens is 208 g/mol. The lowest BCUT2D eigenvalue weighted by molar-refractivity contribution is -0.138. The second-order valence-electron chi connectivity index (χ2n) is 4.07. The molecule has 0 saturated heterocycles. The van der Waals surface area contributed by atoms with Gasteiger partial charge in [0.25, 0.3) is 8.32 Å². The number of aliphatic hydroxyl groups excluding tert-OH is 1. The van der Waals surface area contributed by atoms with Crippen LogP contribution in [0.4, 0.5) is 0 Å². The van der Waals surface area contributed by atoms with Gasteiger partial charge in [0.1, 0.15) is 6.61 Å². The lowest BCUT2D eigenvalue weighted by atomic mass is 10.6. The summed E-state index contributed by atoms with van der Waals surface area (Å²) in [5.74, 6) is -0.433. The zero-order chi connectivity index (χ0) is 11.7. The van der Waals surface area contributed by atoms with Gasteiger partial charge in [-0.25, -0.2) is 0 Å². The third kappa shape index (κ3) is 5.32. The molecule has 90 valence electrons. The fourth-order valence-electron chi connectivity index (χ4n) is 2.17. The maximum absolute atomic E-state index is 11.2. The van der Waals surface area contributed by atoms with Gasteiger partial charge in [0.15, 0.2) is 0 Å². The van der Waals surface area contributed by atoms with E-state index < -0.39 is 20.9 Å². The Bertz CT molecular complexity index is 166. The summed E-state index contributed by atoms with van der Waals surface area (Å²) in [5.41, 5.74) is 0. The molecule has 0 radical (unpaired) electrons. The van der Waals surface area contributed by atoms with Crippen molar-refractivity contribution in [3.63, 3.8) is 0 Å².